The van der Waals surface area contributed by atoms with Crippen LogP contribution in [0.4, 0.5) is 0 Å². The van der Waals surface area contributed by atoms with Gasteiger partial charge < -0.3 is 14.3 Å². The third-order valence-electron chi connectivity index (χ3n) is 2.56. The standard InChI is InChI=1S/C11H14B2O3/c14-12-16-13(10-6-2-1-3-7-10)15-11-8-4-5-9-11/h1-3,6-8,12,14H,4-5,9H2. The van der Waals surface area contributed by atoms with Gasteiger partial charge in [0, 0.05) is 6.42 Å². The van der Waals surface area contributed by atoms with Crippen molar-refractivity contribution in [2.75, 3.05) is 0 Å². The first kappa shape index (κ1) is 11.3. The molecular weight excluding hydrogens is 202 g/mol. The van der Waals surface area contributed by atoms with Crippen LogP contribution in [0.15, 0.2) is 42.2 Å². The summed E-state index contributed by atoms with van der Waals surface area (Å²) in [5.74, 6) is 0.960. The van der Waals surface area contributed by atoms with Crippen LogP contribution in [0.1, 0.15) is 19.3 Å². The zero-order valence-corrected chi connectivity index (χ0v) is 9.13. The Balaban J connectivity index is 2.05. The van der Waals surface area contributed by atoms with Gasteiger partial charge in [0.2, 0.25) is 0 Å². The van der Waals surface area contributed by atoms with Gasteiger partial charge in [-0.3, -0.25) is 0 Å². The molecule has 0 saturated heterocycles. The van der Waals surface area contributed by atoms with Crippen molar-refractivity contribution in [3.63, 3.8) is 0 Å². The lowest BCUT2D eigenvalue weighted by molar-refractivity contribution is 0.334. The third-order valence-corrected chi connectivity index (χ3v) is 2.56. The van der Waals surface area contributed by atoms with Gasteiger partial charge in [0.15, 0.2) is 0 Å². The monoisotopic (exact) mass is 216 g/mol. The largest absolute Gasteiger partial charge is 0.548 e. The minimum atomic E-state index is -0.504. The molecule has 0 atom stereocenters. The second kappa shape index (κ2) is 5.77. The first-order valence-electron chi connectivity index (χ1n) is 5.53. The Morgan fingerprint density at radius 2 is 2.06 bits per heavy atom. The lowest BCUT2D eigenvalue weighted by Crippen LogP contribution is -2.37. The van der Waals surface area contributed by atoms with Crippen molar-refractivity contribution in [1.29, 1.82) is 0 Å². The highest BCUT2D eigenvalue weighted by Gasteiger charge is 2.24. The Kier molecular flexibility index (Phi) is 4.08. The predicted molar refractivity (Wildman–Crippen MR) is 65.3 cm³/mol. The molecule has 0 amide bonds. The number of allylic oxidation sites excluding steroid dienone is 2. The number of rotatable bonds is 5. The average molecular weight is 216 g/mol. The van der Waals surface area contributed by atoms with Crippen molar-refractivity contribution in [2.24, 2.45) is 0 Å². The summed E-state index contributed by atoms with van der Waals surface area (Å²) in [5.41, 5.74) is 0.921. The van der Waals surface area contributed by atoms with Gasteiger partial charge in [0.05, 0.1) is 5.76 Å². The van der Waals surface area contributed by atoms with Gasteiger partial charge >= 0.3 is 14.8 Å². The maximum Gasteiger partial charge on any atom is 0.548 e. The molecular formula is C11H14B2O3. The maximum atomic E-state index is 8.85. The number of hydrogen-bond donors (Lipinski definition) is 1. The summed E-state index contributed by atoms with van der Waals surface area (Å²) < 4.78 is 10.9. The van der Waals surface area contributed by atoms with E-state index in [0.29, 0.717) is 0 Å². The number of benzene rings is 1. The predicted octanol–water partition coefficient (Wildman–Crippen LogP) is 0.742. The van der Waals surface area contributed by atoms with Crippen LogP contribution in [0.3, 0.4) is 0 Å². The van der Waals surface area contributed by atoms with Gasteiger partial charge in [-0.05, 0) is 24.4 Å². The zero-order valence-electron chi connectivity index (χ0n) is 9.13. The average Bonchev–Trinajstić information content (AvgIpc) is 2.83. The highest BCUT2D eigenvalue weighted by Crippen LogP contribution is 2.19. The van der Waals surface area contributed by atoms with E-state index < -0.39 is 7.12 Å². The van der Waals surface area contributed by atoms with Crippen molar-refractivity contribution in [2.45, 2.75) is 19.3 Å². The molecule has 16 heavy (non-hydrogen) atoms. The molecule has 1 N–H and O–H groups in total. The zero-order chi connectivity index (χ0) is 11.2. The fourth-order valence-electron chi connectivity index (χ4n) is 1.76. The first-order chi connectivity index (χ1) is 7.90. The summed E-state index contributed by atoms with van der Waals surface area (Å²) in [4.78, 5) is 0. The fraction of sp³-hybridized carbons (Fsp3) is 0.273. The molecule has 0 radical (unpaired) electrons. The Morgan fingerprint density at radius 3 is 2.69 bits per heavy atom. The molecule has 0 fully saturated rings. The van der Waals surface area contributed by atoms with Gasteiger partial charge in [-0.1, -0.05) is 30.3 Å². The highest BCUT2D eigenvalue weighted by molar-refractivity contribution is 6.65. The van der Waals surface area contributed by atoms with E-state index in [4.69, 9.17) is 14.3 Å². The molecule has 1 aromatic carbocycles. The normalized spacial score (nSPS) is 14.4. The molecule has 1 aliphatic rings. The number of hydrogen-bond acceptors (Lipinski definition) is 3. The van der Waals surface area contributed by atoms with E-state index in [9.17, 15) is 0 Å². The summed E-state index contributed by atoms with van der Waals surface area (Å²) >= 11 is 0. The van der Waals surface area contributed by atoms with Crippen LogP contribution < -0.4 is 5.46 Å². The van der Waals surface area contributed by atoms with E-state index in [1.807, 2.05) is 30.3 Å². The van der Waals surface area contributed by atoms with Crippen LogP contribution in [0.5, 0.6) is 0 Å². The first-order valence-corrected chi connectivity index (χ1v) is 5.53. The molecule has 0 unspecified atom stereocenters. The van der Waals surface area contributed by atoms with Gasteiger partial charge in [-0.25, -0.2) is 0 Å². The lowest BCUT2D eigenvalue weighted by atomic mass is 9.77. The molecule has 3 nitrogen and oxygen atoms in total. The molecule has 5 heteroatoms. The Labute approximate surface area is 96.5 Å². The van der Waals surface area contributed by atoms with E-state index in [0.717, 1.165) is 30.5 Å². The molecule has 0 aliphatic heterocycles. The van der Waals surface area contributed by atoms with Crippen molar-refractivity contribution in [3.05, 3.63) is 42.2 Å². The van der Waals surface area contributed by atoms with Crippen molar-refractivity contribution in [1.82, 2.24) is 0 Å². The van der Waals surface area contributed by atoms with Crippen LogP contribution in [0.25, 0.3) is 0 Å². The molecule has 2 rings (SSSR count). The smallest absolute Gasteiger partial charge is 0.537 e. The van der Waals surface area contributed by atoms with Gasteiger partial charge in [0.25, 0.3) is 0 Å². The Bertz CT molecular complexity index is 354. The minimum absolute atomic E-state index is 0.340. The summed E-state index contributed by atoms with van der Waals surface area (Å²) in [6.07, 6.45) is 5.24. The van der Waals surface area contributed by atoms with Crippen molar-refractivity contribution in [3.8, 4) is 0 Å². The summed E-state index contributed by atoms with van der Waals surface area (Å²) in [7, 11) is -0.845. The van der Waals surface area contributed by atoms with E-state index in [-0.39, 0.29) is 7.69 Å². The third kappa shape index (κ3) is 2.90. The van der Waals surface area contributed by atoms with Crippen molar-refractivity contribution < 1.29 is 14.3 Å². The van der Waals surface area contributed by atoms with E-state index >= 15 is 0 Å². The summed E-state index contributed by atoms with van der Waals surface area (Å²) in [6.45, 7) is 0. The highest BCUT2D eigenvalue weighted by atomic mass is 16.6. The SMILES string of the molecule is OBOB(OC1=CCCC1)c1ccccc1. The van der Waals surface area contributed by atoms with E-state index in [1.165, 1.54) is 0 Å². The molecule has 0 spiro atoms. The second-order valence-electron chi connectivity index (χ2n) is 3.72. The van der Waals surface area contributed by atoms with Gasteiger partial charge in [-0.2, -0.15) is 0 Å². The molecule has 0 heterocycles. The van der Waals surface area contributed by atoms with E-state index in [1.54, 1.807) is 0 Å². The molecule has 0 saturated carbocycles. The van der Waals surface area contributed by atoms with Crippen LogP contribution in [0, 0.1) is 0 Å². The summed E-state index contributed by atoms with van der Waals surface area (Å²) in [6, 6.07) is 9.64. The molecule has 82 valence electrons. The van der Waals surface area contributed by atoms with Crippen LogP contribution >= 0.6 is 0 Å². The summed E-state index contributed by atoms with van der Waals surface area (Å²) in [5, 5.41) is 8.85. The maximum absolute atomic E-state index is 8.85. The quantitative estimate of drug-likeness (QED) is 0.737. The topological polar surface area (TPSA) is 38.7 Å². The van der Waals surface area contributed by atoms with Gasteiger partial charge in [-0.15, -0.1) is 0 Å². The molecule has 1 aliphatic carbocycles. The van der Waals surface area contributed by atoms with Crippen LogP contribution in [-0.2, 0) is 9.23 Å². The molecule has 0 aromatic heterocycles. The Morgan fingerprint density at radius 1 is 1.25 bits per heavy atom. The van der Waals surface area contributed by atoms with E-state index in [2.05, 4.69) is 6.08 Å². The molecule has 0 bridgehead atoms. The second-order valence-corrected chi connectivity index (χ2v) is 3.72. The van der Waals surface area contributed by atoms with Gasteiger partial charge in [0.1, 0.15) is 0 Å². The minimum Gasteiger partial charge on any atom is -0.537 e. The van der Waals surface area contributed by atoms with Crippen LogP contribution in [-0.4, -0.2) is 19.8 Å². The lowest BCUT2D eigenvalue weighted by Gasteiger charge is -2.15. The fourth-order valence-corrected chi connectivity index (χ4v) is 1.76. The Hall–Kier alpha value is -1.19. The van der Waals surface area contributed by atoms with Crippen LogP contribution in [0.2, 0.25) is 0 Å². The van der Waals surface area contributed by atoms with Crippen molar-refractivity contribution >= 4 is 20.3 Å². The molecule has 1 aromatic rings.